The lowest BCUT2D eigenvalue weighted by atomic mass is 9.97. The number of carboxylic acids is 1. The van der Waals surface area contributed by atoms with Crippen LogP contribution in [0.5, 0.6) is 0 Å². The SMILES string of the molecule is O=C(OCC1c2ccccc2-c2ccccc21)C1CCN[C@@H]1C(=O)O. The van der Waals surface area contributed by atoms with Crippen molar-refractivity contribution < 1.29 is 19.4 Å². The lowest BCUT2D eigenvalue weighted by molar-refractivity contribution is -0.154. The predicted molar refractivity (Wildman–Crippen MR) is 92.2 cm³/mol. The second-order valence-electron chi connectivity index (χ2n) is 6.52. The fraction of sp³-hybridized carbons (Fsp3) is 0.300. The molecule has 2 aliphatic rings. The lowest BCUT2D eigenvalue weighted by Gasteiger charge is -2.18. The molecule has 0 bridgehead atoms. The fourth-order valence-corrected chi connectivity index (χ4v) is 3.93. The lowest BCUT2D eigenvalue weighted by Crippen LogP contribution is -2.39. The largest absolute Gasteiger partial charge is 0.480 e. The molecule has 5 nitrogen and oxygen atoms in total. The number of carbonyl (C=O) groups excluding carboxylic acids is 1. The van der Waals surface area contributed by atoms with Gasteiger partial charge < -0.3 is 15.2 Å². The monoisotopic (exact) mass is 337 g/mol. The molecule has 1 heterocycles. The number of benzene rings is 2. The average Bonchev–Trinajstić information content (AvgIpc) is 3.23. The molecular weight excluding hydrogens is 318 g/mol. The number of rotatable bonds is 4. The number of carboxylic acid groups (broad SMARTS) is 1. The molecule has 0 aromatic heterocycles. The van der Waals surface area contributed by atoms with Crippen molar-refractivity contribution in [3.05, 3.63) is 59.7 Å². The summed E-state index contributed by atoms with van der Waals surface area (Å²) in [4.78, 5) is 23.6. The normalized spacial score (nSPS) is 21.6. The van der Waals surface area contributed by atoms with E-state index in [0.717, 1.165) is 11.1 Å². The Hall–Kier alpha value is -2.66. The van der Waals surface area contributed by atoms with Crippen LogP contribution < -0.4 is 5.32 Å². The molecule has 1 aliphatic carbocycles. The smallest absolute Gasteiger partial charge is 0.321 e. The highest BCUT2D eigenvalue weighted by molar-refractivity contribution is 5.84. The molecule has 1 saturated heterocycles. The van der Waals surface area contributed by atoms with Crippen LogP contribution in [0.25, 0.3) is 11.1 Å². The summed E-state index contributed by atoms with van der Waals surface area (Å²) in [6.45, 7) is 0.752. The molecule has 0 saturated carbocycles. The number of aliphatic carboxylic acids is 1. The zero-order chi connectivity index (χ0) is 17.4. The van der Waals surface area contributed by atoms with Gasteiger partial charge in [0.1, 0.15) is 12.6 Å². The van der Waals surface area contributed by atoms with Gasteiger partial charge in [0, 0.05) is 5.92 Å². The molecule has 2 atom stereocenters. The third kappa shape index (κ3) is 2.70. The molecule has 128 valence electrons. The maximum Gasteiger partial charge on any atom is 0.321 e. The number of nitrogens with one attached hydrogen (secondary N) is 1. The van der Waals surface area contributed by atoms with E-state index in [0.29, 0.717) is 13.0 Å². The Kier molecular flexibility index (Phi) is 4.01. The quantitative estimate of drug-likeness (QED) is 0.838. The molecular formula is C20H19NO4. The fourth-order valence-electron chi connectivity index (χ4n) is 3.93. The van der Waals surface area contributed by atoms with Crippen molar-refractivity contribution >= 4 is 11.9 Å². The van der Waals surface area contributed by atoms with Gasteiger partial charge in [-0.1, -0.05) is 48.5 Å². The van der Waals surface area contributed by atoms with E-state index < -0.39 is 23.9 Å². The second-order valence-corrected chi connectivity index (χ2v) is 6.52. The van der Waals surface area contributed by atoms with Crippen LogP contribution in [0.15, 0.2) is 48.5 Å². The summed E-state index contributed by atoms with van der Waals surface area (Å²) in [5, 5.41) is 12.0. The van der Waals surface area contributed by atoms with E-state index >= 15 is 0 Å². The van der Waals surface area contributed by atoms with E-state index in [2.05, 4.69) is 29.6 Å². The molecule has 1 fully saturated rings. The Bertz CT molecular complexity index is 786. The van der Waals surface area contributed by atoms with E-state index in [1.54, 1.807) is 0 Å². The van der Waals surface area contributed by atoms with Crippen LogP contribution in [0.4, 0.5) is 0 Å². The minimum absolute atomic E-state index is 0.00556. The first-order valence-electron chi connectivity index (χ1n) is 8.48. The molecule has 2 aromatic carbocycles. The van der Waals surface area contributed by atoms with Gasteiger partial charge in [-0.3, -0.25) is 9.59 Å². The van der Waals surface area contributed by atoms with Gasteiger partial charge in [-0.25, -0.2) is 0 Å². The molecule has 1 aliphatic heterocycles. The van der Waals surface area contributed by atoms with Crippen molar-refractivity contribution in [2.75, 3.05) is 13.2 Å². The number of esters is 1. The molecule has 2 N–H and O–H groups in total. The Labute approximate surface area is 145 Å². The molecule has 1 unspecified atom stereocenters. The molecule has 5 heteroatoms. The van der Waals surface area contributed by atoms with Crippen LogP contribution in [-0.2, 0) is 14.3 Å². The molecule has 4 rings (SSSR count). The molecule has 0 amide bonds. The van der Waals surface area contributed by atoms with Gasteiger partial charge in [-0.2, -0.15) is 0 Å². The van der Waals surface area contributed by atoms with Gasteiger partial charge in [0.15, 0.2) is 0 Å². The van der Waals surface area contributed by atoms with Gasteiger partial charge in [0.25, 0.3) is 0 Å². The summed E-state index contributed by atoms with van der Waals surface area (Å²) in [6.07, 6.45) is 0.494. The minimum Gasteiger partial charge on any atom is -0.480 e. The first-order chi connectivity index (χ1) is 12.2. The summed E-state index contributed by atoms with van der Waals surface area (Å²) in [6, 6.07) is 15.4. The highest BCUT2D eigenvalue weighted by Gasteiger charge is 2.39. The van der Waals surface area contributed by atoms with Crippen LogP contribution in [0.1, 0.15) is 23.5 Å². The molecule has 25 heavy (non-hydrogen) atoms. The van der Waals surface area contributed by atoms with Gasteiger partial charge in [-0.15, -0.1) is 0 Å². The van der Waals surface area contributed by atoms with Gasteiger partial charge >= 0.3 is 11.9 Å². The van der Waals surface area contributed by atoms with E-state index in [1.165, 1.54) is 11.1 Å². The van der Waals surface area contributed by atoms with Crippen molar-refractivity contribution in [2.24, 2.45) is 5.92 Å². The van der Waals surface area contributed by atoms with Crippen LogP contribution >= 0.6 is 0 Å². The van der Waals surface area contributed by atoms with Crippen molar-refractivity contribution in [1.29, 1.82) is 0 Å². The molecule has 0 radical (unpaired) electrons. The van der Waals surface area contributed by atoms with Crippen LogP contribution in [0.3, 0.4) is 0 Å². The Morgan fingerprint density at radius 3 is 2.24 bits per heavy atom. The third-order valence-electron chi connectivity index (χ3n) is 5.15. The molecule has 2 aromatic rings. The van der Waals surface area contributed by atoms with Crippen LogP contribution in [0, 0.1) is 5.92 Å². The standard InChI is InChI=1S/C20H19NO4/c22-19(23)18-16(9-10-21-18)20(24)25-11-17-14-7-3-1-5-12(14)13-6-2-4-8-15(13)17/h1-8,16-18,21H,9-11H2,(H,22,23)/t16?,18-/m0/s1. The number of carbonyl (C=O) groups is 2. The molecule has 0 spiro atoms. The highest BCUT2D eigenvalue weighted by atomic mass is 16.5. The predicted octanol–water partition coefficient (Wildman–Crippen LogP) is 2.40. The third-order valence-corrected chi connectivity index (χ3v) is 5.15. The van der Waals surface area contributed by atoms with Crippen LogP contribution in [0.2, 0.25) is 0 Å². The number of hydrogen-bond acceptors (Lipinski definition) is 4. The summed E-state index contributed by atoms with van der Waals surface area (Å²) in [7, 11) is 0. The van der Waals surface area contributed by atoms with E-state index in [1.807, 2.05) is 24.3 Å². The van der Waals surface area contributed by atoms with Crippen molar-refractivity contribution in [3.63, 3.8) is 0 Å². The zero-order valence-corrected chi connectivity index (χ0v) is 13.6. The van der Waals surface area contributed by atoms with Gasteiger partial charge in [0.05, 0.1) is 5.92 Å². The van der Waals surface area contributed by atoms with Gasteiger partial charge in [0.2, 0.25) is 0 Å². The topological polar surface area (TPSA) is 75.6 Å². The summed E-state index contributed by atoms with van der Waals surface area (Å²) >= 11 is 0. The number of ether oxygens (including phenoxy) is 1. The van der Waals surface area contributed by atoms with E-state index in [9.17, 15) is 14.7 Å². The summed E-state index contributed by atoms with van der Waals surface area (Å²) < 4.78 is 5.56. The van der Waals surface area contributed by atoms with E-state index in [-0.39, 0.29) is 12.5 Å². The minimum atomic E-state index is -1.00. The number of hydrogen-bond donors (Lipinski definition) is 2. The van der Waals surface area contributed by atoms with Crippen molar-refractivity contribution in [3.8, 4) is 11.1 Å². The first-order valence-corrected chi connectivity index (χ1v) is 8.48. The average molecular weight is 337 g/mol. The van der Waals surface area contributed by atoms with Crippen molar-refractivity contribution in [1.82, 2.24) is 5.32 Å². The van der Waals surface area contributed by atoms with Gasteiger partial charge in [-0.05, 0) is 35.2 Å². The highest BCUT2D eigenvalue weighted by Crippen LogP contribution is 2.44. The Morgan fingerprint density at radius 1 is 1.04 bits per heavy atom. The number of fused-ring (bicyclic) bond motifs is 3. The maximum absolute atomic E-state index is 12.4. The Balaban J connectivity index is 1.53. The summed E-state index contributed by atoms with van der Waals surface area (Å²) in [5.41, 5.74) is 4.64. The summed E-state index contributed by atoms with van der Waals surface area (Å²) in [5.74, 6) is -2.06. The van der Waals surface area contributed by atoms with E-state index in [4.69, 9.17) is 4.74 Å². The second kappa shape index (κ2) is 6.33. The van der Waals surface area contributed by atoms with Crippen molar-refractivity contribution in [2.45, 2.75) is 18.4 Å². The van der Waals surface area contributed by atoms with Crippen LogP contribution in [-0.4, -0.2) is 36.2 Å². The Morgan fingerprint density at radius 2 is 1.64 bits per heavy atom. The zero-order valence-electron chi connectivity index (χ0n) is 13.6. The maximum atomic E-state index is 12.4. The first kappa shape index (κ1) is 15.8.